The average molecular weight is 1020 g/mol. The zero-order valence-corrected chi connectivity index (χ0v) is 44.4. The summed E-state index contributed by atoms with van der Waals surface area (Å²) in [6.07, 6.45) is 5.25. The first-order chi connectivity index (χ1) is 43.3. The third-order valence-corrected chi connectivity index (χ3v) is 14.1. The van der Waals surface area contributed by atoms with Gasteiger partial charge in [-0.3, -0.25) is 13.7 Å². The molecule has 0 N–H and O–H groups in total. The zero-order valence-electron chi connectivity index (χ0n) is 59.4. The molecule has 0 saturated carbocycles. The van der Waals surface area contributed by atoms with Gasteiger partial charge in [-0.25, -0.2) is 4.98 Å². The average Bonchev–Trinajstić information content (AvgIpc) is 1.44. The van der Waals surface area contributed by atoms with Gasteiger partial charge in [-0.15, -0.1) is 0 Å². The quantitative estimate of drug-likeness (QED) is 0.107. The van der Waals surface area contributed by atoms with Gasteiger partial charge in [0.2, 0.25) is 0 Å². The van der Waals surface area contributed by atoms with E-state index in [9.17, 15) is 5.48 Å². The minimum Gasteiger partial charge on any atom is -0.458 e. The standard InChI is InChI=1S/C72H64N4O/c1-70(2,3)54-37-38-73-68(44-54)76-64-35-31-51(53-39-55(71(4,5)6)43-56(40-53)72(7,8)9)41-63(64)62-34-33-59(46-66(62)76)77-58-28-19-27-57(45-58)74-47-75(65-36-32-52(42-67(65)74)48-21-13-10-14-22-48)69-60(49-23-15-11-16-24-49)29-20-30-61(69)50-25-17-12-18-26-50/h10-46H,1-9H3/i10D,11D,12D,13D,14D,15D,16D,17D,18D,21D,22D,23D,24D,25D,26D. The molecule has 0 fully saturated rings. The molecule has 77 heavy (non-hydrogen) atoms. The van der Waals surface area contributed by atoms with E-state index in [4.69, 9.17) is 24.8 Å². The summed E-state index contributed by atoms with van der Waals surface area (Å²) in [5, 5.41) is 1.98. The van der Waals surface area contributed by atoms with Gasteiger partial charge in [-0.1, -0.05) is 214 Å². The topological polar surface area (TPSA) is 35.9 Å². The molecular formula is C72H64N4O. The van der Waals surface area contributed by atoms with Crippen molar-refractivity contribution in [2.24, 2.45) is 0 Å². The van der Waals surface area contributed by atoms with Gasteiger partial charge in [0, 0.05) is 23.0 Å². The normalized spacial score (nSPS) is 14.9. The molecule has 0 aliphatic rings. The zero-order chi connectivity index (χ0) is 66.3. The second-order valence-corrected chi connectivity index (χ2v) is 22.5. The summed E-state index contributed by atoms with van der Waals surface area (Å²) < 4.78 is 144. The Kier molecular flexibility index (Phi) is 8.61. The number of ether oxygens (including phenoxy) is 1. The Bertz CT molecular complexity index is 4900. The maximum Gasteiger partial charge on any atom is 0.269 e. The molecule has 12 aromatic rings. The number of benzene rings is 9. The number of aromatic nitrogens is 4. The van der Waals surface area contributed by atoms with Crippen molar-refractivity contribution in [2.45, 2.75) is 78.6 Å². The van der Waals surface area contributed by atoms with Crippen LogP contribution in [0.3, 0.4) is 0 Å². The third-order valence-electron chi connectivity index (χ3n) is 14.1. The van der Waals surface area contributed by atoms with E-state index in [0.717, 1.165) is 44.3 Å². The van der Waals surface area contributed by atoms with Gasteiger partial charge in [0.1, 0.15) is 17.3 Å². The summed E-state index contributed by atoms with van der Waals surface area (Å²) in [6.45, 7) is 19.9. The largest absolute Gasteiger partial charge is 0.458 e. The van der Waals surface area contributed by atoms with Crippen molar-refractivity contribution in [1.82, 2.24) is 14.1 Å². The smallest absolute Gasteiger partial charge is 0.269 e. The van der Waals surface area contributed by atoms with Crippen molar-refractivity contribution in [1.29, 1.82) is 0 Å². The van der Waals surface area contributed by atoms with Gasteiger partial charge in [0.05, 0.1) is 54.0 Å². The number of fused-ring (bicyclic) bond motifs is 4. The maximum absolute atomic E-state index is 9.21. The summed E-state index contributed by atoms with van der Waals surface area (Å²) in [4.78, 5) is 4.97. The summed E-state index contributed by atoms with van der Waals surface area (Å²) in [7, 11) is 0. The lowest BCUT2D eigenvalue weighted by molar-refractivity contribution is -0.571. The van der Waals surface area contributed by atoms with Crippen LogP contribution >= 0.6 is 0 Å². The van der Waals surface area contributed by atoms with Crippen molar-refractivity contribution >= 4 is 32.8 Å². The molecule has 0 unspecified atom stereocenters. The summed E-state index contributed by atoms with van der Waals surface area (Å²) >= 11 is 0. The molecule has 0 aliphatic heterocycles. The second-order valence-electron chi connectivity index (χ2n) is 22.5. The predicted molar refractivity (Wildman–Crippen MR) is 320 cm³/mol. The fraction of sp³-hybridized carbons (Fsp3) is 0.167. The van der Waals surface area contributed by atoms with Gasteiger partial charge in [-0.2, -0.15) is 0 Å². The van der Waals surface area contributed by atoms with Gasteiger partial charge in [-0.05, 0) is 138 Å². The molecule has 0 atom stereocenters. The minimum absolute atomic E-state index is 0.0164. The van der Waals surface area contributed by atoms with Crippen LogP contribution in [-0.4, -0.2) is 14.1 Å². The molecule has 0 bridgehead atoms. The highest BCUT2D eigenvalue weighted by Crippen LogP contribution is 2.41. The molecule has 3 heterocycles. The van der Waals surface area contributed by atoms with Crippen LogP contribution in [0.15, 0.2) is 224 Å². The van der Waals surface area contributed by atoms with Crippen LogP contribution < -0.4 is 9.30 Å². The van der Waals surface area contributed by atoms with E-state index in [1.54, 1.807) is 47.0 Å². The lowest BCUT2D eigenvalue weighted by Crippen LogP contribution is -2.31. The highest BCUT2D eigenvalue weighted by atomic mass is 16.5. The van der Waals surface area contributed by atoms with E-state index in [1.807, 2.05) is 30.5 Å². The Morgan fingerprint density at radius 3 is 1.68 bits per heavy atom. The van der Waals surface area contributed by atoms with Gasteiger partial charge in [0.15, 0.2) is 0 Å². The molecule has 5 nitrogen and oxygen atoms in total. The molecule has 9 aromatic carbocycles. The van der Waals surface area contributed by atoms with E-state index in [2.05, 4.69) is 116 Å². The van der Waals surface area contributed by atoms with Gasteiger partial charge >= 0.3 is 0 Å². The first-order valence-electron chi connectivity index (χ1n) is 33.1. The number of hydrogen-bond donors (Lipinski definition) is 0. The highest BCUT2D eigenvalue weighted by molar-refractivity contribution is 6.11. The van der Waals surface area contributed by atoms with Crippen molar-refractivity contribution in [3.05, 3.63) is 247 Å². The van der Waals surface area contributed by atoms with Crippen molar-refractivity contribution in [2.75, 3.05) is 0 Å². The number of para-hydroxylation sites is 1. The SMILES string of the molecule is [2H]c1c([2H])c([2H])c(-c2ccc3c(c2)n(-c2cccc(Oc4ccc5c6cc(-c7cc(C(C)(C)C)cc(C(C)(C)C)c7)ccc6n(-c6cc(C(C)(C)C)ccn6)c5c4)c2)[c-][n+]3-c2c(-c3c([2H])c([2H])c([2H])c([2H])c3[2H])cccc2-c2c([2H])c([2H])c([2H])c([2H])c2[2H])c([2H])c1[2H]. The van der Waals surface area contributed by atoms with Crippen LogP contribution in [0.25, 0.3) is 94.5 Å². The van der Waals surface area contributed by atoms with Crippen molar-refractivity contribution < 1.29 is 29.9 Å². The Labute approximate surface area is 474 Å². The monoisotopic (exact) mass is 1020 g/mol. The van der Waals surface area contributed by atoms with E-state index in [0.29, 0.717) is 28.2 Å². The molecule has 378 valence electrons. The van der Waals surface area contributed by atoms with Gasteiger partial charge in [0.25, 0.3) is 6.33 Å². The number of rotatable bonds is 9. The molecule has 0 aliphatic carbocycles. The highest BCUT2D eigenvalue weighted by Gasteiger charge is 2.25. The third kappa shape index (κ3) is 9.41. The van der Waals surface area contributed by atoms with Crippen molar-refractivity contribution in [3.8, 4) is 73.2 Å². The number of imidazole rings is 1. The predicted octanol–water partition coefficient (Wildman–Crippen LogP) is 18.6. The molecule has 0 spiro atoms. The molecule has 0 radical (unpaired) electrons. The molecule has 0 saturated heterocycles. The van der Waals surface area contributed by atoms with E-state index in [1.165, 1.54) is 33.9 Å². The Balaban J connectivity index is 1.08. The molecule has 0 amide bonds. The number of nitrogens with zero attached hydrogens (tertiary/aromatic N) is 4. The molecule has 3 aromatic heterocycles. The Morgan fingerprint density at radius 2 is 1.04 bits per heavy atom. The molecule has 5 heteroatoms. The van der Waals surface area contributed by atoms with Crippen LogP contribution in [-0.2, 0) is 16.2 Å². The van der Waals surface area contributed by atoms with E-state index >= 15 is 0 Å². The van der Waals surface area contributed by atoms with Gasteiger partial charge < -0.3 is 4.74 Å². The minimum atomic E-state index is -0.641. The lowest BCUT2D eigenvalue weighted by Gasteiger charge is -2.26. The first kappa shape index (κ1) is 34.7. The number of pyridine rings is 1. The summed E-state index contributed by atoms with van der Waals surface area (Å²) in [6, 6.07) is 31.3. The van der Waals surface area contributed by atoms with E-state index in [-0.39, 0.29) is 55.3 Å². The lowest BCUT2D eigenvalue weighted by atomic mass is 9.79. The van der Waals surface area contributed by atoms with Crippen LogP contribution in [0.5, 0.6) is 11.5 Å². The Hall–Kier alpha value is -8.80. The van der Waals surface area contributed by atoms with E-state index < -0.39 is 90.6 Å². The van der Waals surface area contributed by atoms with Crippen LogP contribution in [0.2, 0.25) is 0 Å². The van der Waals surface area contributed by atoms with Crippen LogP contribution in [0, 0.1) is 6.33 Å². The fourth-order valence-electron chi connectivity index (χ4n) is 9.95. The second kappa shape index (κ2) is 19.1. The first-order valence-corrected chi connectivity index (χ1v) is 25.6. The molecular weight excluding hydrogens is 937 g/mol. The summed E-state index contributed by atoms with van der Waals surface area (Å²) in [5.41, 5.74) is 7.90. The maximum atomic E-state index is 9.21. The summed E-state index contributed by atoms with van der Waals surface area (Å²) in [5.74, 6) is 1.58. The van der Waals surface area contributed by atoms with Crippen molar-refractivity contribution in [3.63, 3.8) is 0 Å². The van der Waals surface area contributed by atoms with Crippen LogP contribution in [0.1, 0.15) is 99.6 Å². The number of hydrogen-bond acceptors (Lipinski definition) is 2. The fourth-order valence-corrected chi connectivity index (χ4v) is 9.95. The Morgan fingerprint density at radius 1 is 0.455 bits per heavy atom. The van der Waals surface area contributed by atoms with Crippen LogP contribution in [0.4, 0.5) is 0 Å². The molecule has 12 rings (SSSR count).